The van der Waals surface area contributed by atoms with E-state index in [0.717, 1.165) is 12.8 Å². The van der Waals surface area contributed by atoms with E-state index in [0.29, 0.717) is 37.0 Å². The van der Waals surface area contributed by atoms with Gasteiger partial charge in [0, 0.05) is 31.2 Å². The van der Waals surface area contributed by atoms with Gasteiger partial charge in [0.1, 0.15) is 5.75 Å². The lowest BCUT2D eigenvalue weighted by Crippen LogP contribution is -2.47. The molecule has 3 N–H and O–H groups in total. The van der Waals surface area contributed by atoms with Crippen LogP contribution in [0.1, 0.15) is 12.8 Å². The van der Waals surface area contributed by atoms with Crippen LogP contribution in [0.5, 0.6) is 5.75 Å². The van der Waals surface area contributed by atoms with Crippen molar-refractivity contribution in [3.05, 3.63) is 29.3 Å². The molecular weight excluding hydrogens is 318 g/mol. The molecule has 2 amide bonds. The van der Waals surface area contributed by atoms with E-state index < -0.39 is 0 Å². The molecule has 0 aliphatic carbocycles. The summed E-state index contributed by atoms with van der Waals surface area (Å²) in [6.07, 6.45) is 1.60. The van der Waals surface area contributed by atoms with Gasteiger partial charge in [-0.2, -0.15) is 0 Å². The van der Waals surface area contributed by atoms with Gasteiger partial charge < -0.3 is 20.7 Å². The first-order valence-corrected chi connectivity index (χ1v) is 8.12. The van der Waals surface area contributed by atoms with Crippen LogP contribution in [0.3, 0.4) is 0 Å². The predicted molar refractivity (Wildman–Crippen MR) is 88.3 cm³/mol. The van der Waals surface area contributed by atoms with Crippen LogP contribution in [0.15, 0.2) is 24.3 Å². The number of benzene rings is 1. The van der Waals surface area contributed by atoms with E-state index in [4.69, 9.17) is 22.1 Å². The zero-order chi connectivity index (χ0) is 16.7. The number of nitrogens with one attached hydrogen (secondary N) is 1. The number of halogens is 1. The molecule has 1 aromatic rings. The van der Waals surface area contributed by atoms with Crippen molar-refractivity contribution in [2.75, 3.05) is 32.8 Å². The lowest BCUT2D eigenvalue weighted by Gasteiger charge is -2.32. The van der Waals surface area contributed by atoms with Gasteiger partial charge in [-0.3, -0.25) is 9.59 Å². The van der Waals surface area contributed by atoms with Crippen LogP contribution < -0.4 is 15.8 Å². The standard InChI is InChI=1S/C16H22ClN3O3/c17-13-3-5-14(6-4-13)23-11-15(21)20-9-1-2-12(10-20)16(22)19-8-7-18/h3-6,12H,1-2,7-11,18H2,(H,19,22). The van der Waals surface area contributed by atoms with Crippen molar-refractivity contribution >= 4 is 23.4 Å². The number of amides is 2. The van der Waals surface area contributed by atoms with Crippen LogP contribution >= 0.6 is 11.6 Å². The fourth-order valence-corrected chi connectivity index (χ4v) is 2.65. The number of nitrogens with zero attached hydrogens (tertiary/aromatic N) is 1. The normalized spacial score (nSPS) is 17.7. The van der Waals surface area contributed by atoms with E-state index in [-0.39, 0.29) is 24.3 Å². The molecule has 0 aromatic heterocycles. The fourth-order valence-electron chi connectivity index (χ4n) is 2.52. The minimum Gasteiger partial charge on any atom is -0.484 e. The van der Waals surface area contributed by atoms with Crippen molar-refractivity contribution in [1.82, 2.24) is 10.2 Å². The van der Waals surface area contributed by atoms with Crippen LogP contribution in [0.25, 0.3) is 0 Å². The van der Waals surface area contributed by atoms with Gasteiger partial charge in [-0.25, -0.2) is 0 Å². The number of hydrogen-bond acceptors (Lipinski definition) is 4. The highest BCUT2D eigenvalue weighted by atomic mass is 35.5. The summed E-state index contributed by atoms with van der Waals surface area (Å²) in [6, 6.07) is 6.85. The first-order chi connectivity index (χ1) is 11.1. The summed E-state index contributed by atoms with van der Waals surface area (Å²) < 4.78 is 5.47. The van der Waals surface area contributed by atoms with Crippen molar-refractivity contribution in [2.24, 2.45) is 11.7 Å². The maximum atomic E-state index is 12.2. The van der Waals surface area contributed by atoms with Crippen molar-refractivity contribution < 1.29 is 14.3 Å². The molecule has 6 nitrogen and oxygen atoms in total. The summed E-state index contributed by atoms with van der Waals surface area (Å²) in [5, 5.41) is 3.40. The molecule has 1 heterocycles. The molecule has 2 rings (SSSR count). The molecule has 1 atom stereocenters. The molecule has 1 unspecified atom stereocenters. The topological polar surface area (TPSA) is 84.7 Å². The summed E-state index contributed by atoms with van der Waals surface area (Å²) >= 11 is 5.80. The zero-order valence-electron chi connectivity index (χ0n) is 13.0. The number of nitrogens with two attached hydrogens (primary N) is 1. The lowest BCUT2D eigenvalue weighted by atomic mass is 9.97. The summed E-state index contributed by atoms with van der Waals surface area (Å²) in [7, 11) is 0. The fraction of sp³-hybridized carbons (Fsp3) is 0.500. The Kier molecular flexibility index (Phi) is 6.67. The highest BCUT2D eigenvalue weighted by Crippen LogP contribution is 2.18. The van der Waals surface area contributed by atoms with Gasteiger partial charge in [0.15, 0.2) is 6.61 Å². The van der Waals surface area contributed by atoms with E-state index in [1.54, 1.807) is 29.2 Å². The molecule has 1 fully saturated rings. The average Bonchev–Trinajstić information content (AvgIpc) is 2.59. The Hall–Kier alpha value is -1.79. The van der Waals surface area contributed by atoms with Crippen LogP contribution in [0, 0.1) is 5.92 Å². The second kappa shape index (κ2) is 8.74. The van der Waals surface area contributed by atoms with Gasteiger partial charge in [-0.05, 0) is 37.1 Å². The molecule has 0 saturated carbocycles. The van der Waals surface area contributed by atoms with Crippen molar-refractivity contribution in [3.8, 4) is 5.75 Å². The Morgan fingerprint density at radius 3 is 2.78 bits per heavy atom. The van der Waals surface area contributed by atoms with Crippen molar-refractivity contribution in [1.29, 1.82) is 0 Å². The monoisotopic (exact) mass is 339 g/mol. The highest BCUT2D eigenvalue weighted by molar-refractivity contribution is 6.30. The number of piperidine rings is 1. The Morgan fingerprint density at radius 1 is 1.35 bits per heavy atom. The SMILES string of the molecule is NCCNC(=O)C1CCCN(C(=O)COc2ccc(Cl)cc2)C1. The summed E-state index contributed by atoms with van der Waals surface area (Å²) in [6.45, 7) is 1.92. The second-order valence-corrected chi connectivity index (χ2v) is 5.94. The maximum Gasteiger partial charge on any atom is 0.260 e. The molecule has 126 valence electrons. The Morgan fingerprint density at radius 2 is 2.09 bits per heavy atom. The molecule has 7 heteroatoms. The Labute approximate surface area is 140 Å². The average molecular weight is 340 g/mol. The highest BCUT2D eigenvalue weighted by Gasteiger charge is 2.28. The molecule has 0 radical (unpaired) electrons. The first-order valence-electron chi connectivity index (χ1n) is 7.74. The van der Waals surface area contributed by atoms with Gasteiger partial charge in [-0.1, -0.05) is 11.6 Å². The minimum absolute atomic E-state index is 0.0356. The molecule has 1 aromatic carbocycles. The third kappa shape index (κ3) is 5.41. The maximum absolute atomic E-state index is 12.2. The molecule has 1 aliphatic heterocycles. The zero-order valence-corrected chi connectivity index (χ0v) is 13.7. The molecular formula is C16H22ClN3O3. The lowest BCUT2D eigenvalue weighted by molar-refractivity contribution is -0.137. The van der Waals surface area contributed by atoms with Crippen LogP contribution in [-0.4, -0.2) is 49.5 Å². The van der Waals surface area contributed by atoms with Crippen molar-refractivity contribution in [3.63, 3.8) is 0 Å². The number of hydrogen-bond donors (Lipinski definition) is 2. The first kappa shape index (κ1) is 17.6. The Balaban J connectivity index is 1.81. The molecule has 0 bridgehead atoms. The predicted octanol–water partition coefficient (Wildman–Crippen LogP) is 1.03. The minimum atomic E-state index is -0.171. The largest absolute Gasteiger partial charge is 0.484 e. The molecule has 1 aliphatic rings. The van der Waals surface area contributed by atoms with Gasteiger partial charge in [-0.15, -0.1) is 0 Å². The molecule has 1 saturated heterocycles. The summed E-state index contributed by atoms with van der Waals surface area (Å²) in [5.74, 6) is 0.273. The van der Waals surface area contributed by atoms with Gasteiger partial charge in [0.25, 0.3) is 5.91 Å². The smallest absolute Gasteiger partial charge is 0.260 e. The van der Waals surface area contributed by atoms with Gasteiger partial charge in [0.05, 0.1) is 5.92 Å². The number of likely N-dealkylation sites (tertiary alicyclic amines) is 1. The van der Waals surface area contributed by atoms with E-state index >= 15 is 0 Å². The third-order valence-corrected chi connectivity index (χ3v) is 4.02. The van der Waals surface area contributed by atoms with E-state index in [9.17, 15) is 9.59 Å². The van der Waals surface area contributed by atoms with Crippen LogP contribution in [0.4, 0.5) is 0 Å². The molecule has 0 spiro atoms. The van der Waals surface area contributed by atoms with E-state index in [1.807, 2.05) is 0 Å². The van der Waals surface area contributed by atoms with E-state index in [2.05, 4.69) is 5.32 Å². The number of rotatable bonds is 6. The number of carbonyl (C=O) groups is 2. The molecule has 23 heavy (non-hydrogen) atoms. The third-order valence-electron chi connectivity index (χ3n) is 3.76. The number of carbonyl (C=O) groups excluding carboxylic acids is 2. The quantitative estimate of drug-likeness (QED) is 0.810. The van der Waals surface area contributed by atoms with Crippen LogP contribution in [0.2, 0.25) is 5.02 Å². The number of ether oxygens (including phenoxy) is 1. The summed E-state index contributed by atoms with van der Waals surface area (Å²) in [4.78, 5) is 25.9. The van der Waals surface area contributed by atoms with Crippen LogP contribution in [-0.2, 0) is 9.59 Å². The van der Waals surface area contributed by atoms with Crippen molar-refractivity contribution in [2.45, 2.75) is 12.8 Å². The van der Waals surface area contributed by atoms with Gasteiger partial charge in [0.2, 0.25) is 5.91 Å². The Bertz CT molecular complexity index is 536. The summed E-state index contributed by atoms with van der Waals surface area (Å²) in [5.41, 5.74) is 5.38. The van der Waals surface area contributed by atoms with E-state index in [1.165, 1.54) is 0 Å². The van der Waals surface area contributed by atoms with Gasteiger partial charge >= 0.3 is 0 Å². The second-order valence-electron chi connectivity index (χ2n) is 5.50.